The molecule has 0 radical (unpaired) electrons. The highest BCUT2D eigenvalue weighted by Gasteiger charge is 2.21. The number of aromatic nitrogens is 2. The molecule has 94 valence electrons. The molecule has 1 aliphatic rings. The van der Waals surface area contributed by atoms with Gasteiger partial charge in [0.25, 0.3) is 5.56 Å². The molecule has 1 aromatic heterocycles. The van der Waals surface area contributed by atoms with Crippen LogP contribution in [0.5, 0.6) is 11.5 Å². The normalized spacial score (nSPS) is 15.6. The third-order valence-corrected chi connectivity index (χ3v) is 3.55. The lowest BCUT2D eigenvalue weighted by Crippen LogP contribution is -2.29. The number of aromatic hydroxyl groups is 1. The number of fused-ring (bicyclic) bond motifs is 1. The van der Waals surface area contributed by atoms with E-state index in [1.807, 2.05) is 0 Å². The molecule has 0 saturated heterocycles. The molecule has 0 bridgehead atoms. The highest BCUT2D eigenvalue weighted by Crippen LogP contribution is 2.32. The summed E-state index contributed by atoms with van der Waals surface area (Å²) in [5.41, 5.74) is 0.452. The first-order chi connectivity index (χ1) is 8.70. The number of ether oxygens (including phenoxy) is 1. The molecule has 18 heavy (non-hydrogen) atoms. The summed E-state index contributed by atoms with van der Waals surface area (Å²) in [4.78, 5) is 16.6. The summed E-state index contributed by atoms with van der Waals surface area (Å²) >= 11 is 0. The maximum absolute atomic E-state index is 12.3. The van der Waals surface area contributed by atoms with Crippen LogP contribution in [0.3, 0.4) is 0 Å². The van der Waals surface area contributed by atoms with Crippen LogP contribution in [0.25, 0.3) is 10.9 Å². The quantitative estimate of drug-likeness (QED) is 0.878. The highest BCUT2D eigenvalue weighted by atomic mass is 16.5. The first-order valence-electron chi connectivity index (χ1n) is 5.98. The zero-order valence-electron chi connectivity index (χ0n) is 10.1. The van der Waals surface area contributed by atoms with Gasteiger partial charge in [0.15, 0.2) is 11.5 Å². The molecule has 0 unspecified atom stereocenters. The molecule has 2 aromatic rings. The van der Waals surface area contributed by atoms with E-state index in [-0.39, 0.29) is 17.4 Å². The van der Waals surface area contributed by atoms with Gasteiger partial charge in [0, 0.05) is 12.1 Å². The van der Waals surface area contributed by atoms with Crippen LogP contribution in [0.4, 0.5) is 0 Å². The number of hydrogen-bond donors (Lipinski definition) is 1. The van der Waals surface area contributed by atoms with E-state index in [2.05, 4.69) is 4.98 Å². The highest BCUT2D eigenvalue weighted by molar-refractivity contribution is 5.81. The standard InChI is InChI=1S/C13H14N2O3/c1-18-12-6-10-9(5-11(12)16)13(17)15(7-14-10)8-3-2-4-8/h5-8,16H,2-4H2,1H3. The zero-order chi connectivity index (χ0) is 12.7. The summed E-state index contributed by atoms with van der Waals surface area (Å²) in [5, 5.41) is 10.2. The molecule has 1 saturated carbocycles. The molecule has 0 atom stereocenters. The minimum atomic E-state index is -0.0948. The largest absolute Gasteiger partial charge is 0.504 e. The van der Waals surface area contributed by atoms with Crippen molar-refractivity contribution in [2.24, 2.45) is 0 Å². The van der Waals surface area contributed by atoms with Crippen molar-refractivity contribution in [3.8, 4) is 11.5 Å². The van der Waals surface area contributed by atoms with Gasteiger partial charge in [-0.05, 0) is 25.3 Å². The van der Waals surface area contributed by atoms with Gasteiger partial charge in [-0.3, -0.25) is 9.36 Å². The lowest BCUT2D eigenvalue weighted by Gasteiger charge is -2.27. The van der Waals surface area contributed by atoms with Crippen molar-refractivity contribution in [3.05, 3.63) is 28.8 Å². The first-order valence-corrected chi connectivity index (χ1v) is 5.98. The molecule has 5 heteroatoms. The number of methoxy groups -OCH3 is 1. The van der Waals surface area contributed by atoms with Gasteiger partial charge < -0.3 is 9.84 Å². The average Bonchev–Trinajstić information content (AvgIpc) is 2.30. The minimum absolute atomic E-state index is 0.0322. The van der Waals surface area contributed by atoms with E-state index in [0.717, 1.165) is 19.3 Å². The van der Waals surface area contributed by atoms with Gasteiger partial charge in [-0.25, -0.2) is 4.98 Å². The second-order valence-electron chi connectivity index (χ2n) is 4.58. The first kappa shape index (κ1) is 11.1. The van der Waals surface area contributed by atoms with E-state index in [1.165, 1.54) is 13.2 Å². The Morgan fingerprint density at radius 3 is 2.83 bits per heavy atom. The van der Waals surface area contributed by atoms with Crippen LogP contribution < -0.4 is 10.3 Å². The van der Waals surface area contributed by atoms with Gasteiger partial charge in [-0.1, -0.05) is 0 Å². The Kier molecular flexibility index (Phi) is 2.47. The van der Waals surface area contributed by atoms with Gasteiger partial charge in [0.1, 0.15) is 0 Å². The van der Waals surface area contributed by atoms with Crippen LogP contribution in [-0.4, -0.2) is 21.8 Å². The van der Waals surface area contributed by atoms with E-state index in [0.29, 0.717) is 16.7 Å². The smallest absolute Gasteiger partial charge is 0.261 e. The molecular formula is C13H14N2O3. The maximum Gasteiger partial charge on any atom is 0.261 e. The number of phenolic OH excluding ortho intramolecular Hbond substituents is 1. The lowest BCUT2D eigenvalue weighted by molar-refractivity contribution is 0.305. The van der Waals surface area contributed by atoms with Crippen LogP contribution in [0.1, 0.15) is 25.3 Å². The van der Waals surface area contributed by atoms with Crippen LogP contribution >= 0.6 is 0 Å². The molecule has 0 aliphatic heterocycles. The van der Waals surface area contributed by atoms with E-state index >= 15 is 0 Å². The summed E-state index contributed by atoms with van der Waals surface area (Å²) < 4.78 is 6.67. The number of hydrogen-bond acceptors (Lipinski definition) is 4. The van der Waals surface area contributed by atoms with Gasteiger partial charge in [-0.15, -0.1) is 0 Å². The van der Waals surface area contributed by atoms with Gasteiger partial charge in [-0.2, -0.15) is 0 Å². The Morgan fingerprint density at radius 1 is 1.44 bits per heavy atom. The number of nitrogens with zero attached hydrogens (tertiary/aromatic N) is 2. The van der Waals surface area contributed by atoms with E-state index in [1.54, 1.807) is 17.0 Å². The topological polar surface area (TPSA) is 64.4 Å². The van der Waals surface area contributed by atoms with Crippen molar-refractivity contribution in [3.63, 3.8) is 0 Å². The van der Waals surface area contributed by atoms with Crippen LogP contribution in [0.2, 0.25) is 0 Å². The second kappa shape index (κ2) is 4.01. The fourth-order valence-corrected chi connectivity index (χ4v) is 2.24. The summed E-state index contributed by atoms with van der Waals surface area (Å²) in [7, 11) is 1.47. The Hall–Kier alpha value is -2.04. The molecule has 1 fully saturated rings. The Balaban J connectivity index is 2.22. The zero-order valence-corrected chi connectivity index (χ0v) is 10.1. The molecule has 1 heterocycles. The van der Waals surface area contributed by atoms with Crippen molar-refractivity contribution >= 4 is 10.9 Å². The number of rotatable bonds is 2. The minimum Gasteiger partial charge on any atom is -0.504 e. The van der Waals surface area contributed by atoms with Crippen molar-refractivity contribution in [1.82, 2.24) is 9.55 Å². The van der Waals surface area contributed by atoms with Crippen LogP contribution in [0.15, 0.2) is 23.3 Å². The van der Waals surface area contributed by atoms with Crippen molar-refractivity contribution in [2.45, 2.75) is 25.3 Å². The van der Waals surface area contributed by atoms with E-state index in [9.17, 15) is 9.90 Å². The van der Waals surface area contributed by atoms with Crippen molar-refractivity contribution < 1.29 is 9.84 Å². The molecule has 3 rings (SSSR count). The molecule has 5 nitrogen and oxygen atoms in total. The van der Waals surface area contributed by atoms with Crippen molar-refractivity contribution in [2.75, 3.05) is 7.11 Å². The Bertz CT molecular complexity index is 659. The maximum atomic E-state index is 12.3. The third-order valence-electron chi connectivity index (χ3n) is 3.55. The fraction of sp³-hybridized carbons (Fsp3) is 0.385. The lowest BCUT2D eigenvalue weighted by atomic mass is 9.93. The summed E-state index contributed by atoms with van der Waals surface area (Å²) in [5.74, 6) is 0.297. The number of phenols is 1. The summed E-state index contributed by atoms with van der Waals surface area (Å²) in [6, 6.07) is 3.27. The second-order valence-corrected chi connectivity index (χ2v) is 4.58. The fourth-order valence-electron chi connectivity index (χ4n) is 2.24. The van der Waals surface area contributed by atoms with Crippen molar-refractivity contribution in [1.29, 1.82) is 0 Å². The van der Waals surface area contributed by atoms with Gasteiger partial charge in [0.05, 0.1) is 24.3 Å². The molecule has 0 spiro atoms. The molecular weight excluding hydrogens is 232 g/mol. The summed E-state index contributed by atoms with van der Waals surface area (Å²) in [6.07, 6.45) is 4.79. The van der Waals surface area contributed by atoms with Gasteiger partial charge >= 0.3 is 0 Å². The Morgan fingerprint density at radius 2 is 2.22 bits per heavy atom. The van der Waals surface area contributed by atoms with Gasteiger partial charge in [0.2, 0.25) is 0 Å². The predicted octanol–water partition coefficient (Wildman–Crippen LogP) is 1.84. The monoisotopic (exact) mass is 246 g/mol. The third kappa shape index (κ3) is 1.54. The molecule has 1 N–H and O–H groups in total. The molecule has 0 amide bonds. The molecule has 1 aliphatic carbocycles. The van der Waals surface area contributed by atoms with Crippen LogP contribution in [-0.2, 0) is 0 Å². The SMILES string of the molecule is COc1cc2ncn(C3CCC3)c(=O)c2cc1O. The number of benzene rings is 1. The van der Waals surface area contributed by atoms with E-state index in [4.69, 9.17) is 4.74 Å². The predicted molar refractivity (Wildman–Crippen MR) is 67.1 cm³/mol. The molecule has 1 aromatic carbocycles. The Labute approximate surface area is 104 Å². The summed E-state index contributed by atoms with van der Waals surface area (Å²) in [6.45, 7) is 0. The van der Waals surface area contributed by atoms with E-state index < -0.39 is 0 Å². The van der Waals surface area contributed by atoms with Crippen LogP contribution in [0, 0.1) is 0 Å². The average molecular weight is 246 g/mol.